The highest BCUT2D eigenvalue weighted by atomic mass is 32.2. The Balaban J connectivity index is 2.09. The molecule has 134 valence electrons. The Morgan fingerprint density at radius 2 is 1.54 bits per heavy atom. The maximum atomic E-state index is 13.4. The number of aromatic nitrogens is 2. The molecule has 26 heavy (non-hydrogen) atoms. The minimum Gasteiger partial charge on any atom is -0.314 e. The summed E-state index contributed by atoms with van der Waals surface area (Å²) < 4.78 is 52.8. The van der Waals surface area contributed by atoms with Gasteiger partial charge in [-0.1, -0.05) is 36.4 Å². The van der Waals surface area contributed by atoms with Crippen LogP contribution in [0.25, 0.3) is 0 Å². The Kier molecular flexibility index (Phi) is 5.03. The molecule has 1 atom stereocenters. The van der Waals surface area contributed by atoms with Crippen molar-refractivity contribution in [2.45, 2.75) is 16.1 Å². The van der Waals surface area contributed by atoms with Crippen molar-refractivity contribution in [2.24, 2.45) is 0 Å². The molecule has 0 amide bonds. The van der Waals surface area contributed by atoms with E-state index in [0.29, 0.717) is 11.9 Å². The van der Waals surface area contributed by atoms with Gasteiger partial charge in [0.05, 0.1) is 0 Å². The number of para-hydroxylation sites is 1. The molecule has 0 bridgehead atoms. The molecule has 8 heteroatoms. The van der Waals surface area contributed by atoms with Gasteiger partial charge in [-0.25, -0.2) is 14.2 Å². The molecule has 0 saturated carbocycles. The SMILES string of the molecule is CN(c1ccccc1)c1ncc(C(F)(F)F)c(S(=O)c2ccccc2)n1. The third-order valence-corrected chi connectivity index (χ3v) is 4.99. The summed E-state index contributed by atoms with van der Waals surface area (Å²) in [6.07, 6.45) is -4.03. The number of benzene rings is 2. The molecule has 0 aliphatic heterocycles. The summed E-state index contributed by atoms with van der Waals surface area (Å²) in [4.78, 5) is 9.58. The lowest BCUT2D eigenvalue weighted by Gasteiger charge is -2.19. The van der Waals surface area contributed by atoms with E-state index in [-0.39, 0.29) is 10.8 Å². The van der Waals surface area contributed by atoms with Crippen LogP contribution in [0.5, 0.6) is 0 Å². The van der Waals surface area contributed by atoms with Crippen molar-refractivity contribution in [3.8, 4) is 0 Å². The van der Waals surface area contributed by atoms with E-state index in [2.05, 4.69) is 9.97 Å². The van der Waals surface area contributed by atoms with E-state index in [1.807, 2.05) is 6.07 Å². The summed E-state index contributed by atoms with van der Waals surface area (Å²) in [7, 11) is -0.454. The van der Waals surface area contributed by atoms with Crippen LogP contribution in [0.15, 0.2) is 76.8 Å². The first kappa shape index (κ1) is 18.1. The molecule has 0 saturated heterocycles. The number of hydrogen-bond donors (Lipinski definition) is 0. The lowest BCUT2D eigenvalue weighted by atomic mass is 10.3. The van der Waals surface area contributed by atoms with E-state index in [9.17, 15) is 17.4 Å². The Bertz CT molecular complexity index is 918. The van der Waals surface area contributed by atoms with E-state index in [1.165, 1.54) is 17.0 Å². The average molecular weight is 377 g/mol. The third kappa shape index (κ3) is 3.75. The second kappa shape index (κ2) is 7.25. The van der Waals surface area contributed by atoms with Crippen molar-refractivity contribution in [2.75, 3.05) is 11.9 Å². The van der Waals surface area contributed by atoms with Crippen LogP contribution in [0.4, 0.5) is 24.8 Å². The zero-order valence-electron chi connectivity index (χ0n) is 13.6. The molecular formula is C18H14F3N3OS. The van der Waals surface area contributed by atoms with Gasteiger partial charge in [0.1, 0.15) is 21.4 Å². The number of alkyl halides is 3. The van der Waals surface area contributed by atoms with Gasteiger partial charge in [-0.15, -0.1) is 0 Å². The second-order valence-corrected chi connectivity index (χ2v) is 6.76. The standard InChI is InChI=1S/C18H14F3N3OS/c1-24(13-8-4-2-5-9-13)17-22-12-15(18(19,20)21)16(23-17)26(25)14-10-6-3-7-11-14/h2-12H,1H3. The minimum absolute atomic E-state index is 0.0310. The van der Waals surface area contributed by atoms with Gasteiger partial charge in [-0.3, -0.25) is 0 Å². The minimum atomic E-state index is -4.70. The van der Waals surface area contributed by atoms with E-state index in [1.54, 1.807) is 49.5 Å². The fraction of sp³-hybridized carbons (Fsp3) is 0.111. The summed E-state index contributed by atoms with van der Waals surface area (Å²) in [6, 6.07) is 16.9. The third-order valence-electron chi connectivity index (χ3n) is 3.62. The molecule has 1 heterocycles. The van der Waals surface area contributed by atoms with Gasteiger partial charge < -0.3 is 4.90 Å². The number of hydrogen-bond acceptors (Lipinski definition) is 4. The smallest absolute Gasteiger partial charge is 0.314 e. The van der Waals surface area contributed by atoms with Crippen molar-refractivity contribution in [1.29, 1.82) is 0 Å². The van der Waals surface area contributed by atoms with Gasteiger partial charge in [-0.2, -0.15) is 13.2 Å². The van der Waals surface area contributed by atoms with Crippen LogP contribution >= 0.6 is 0 Å². The molecular weight excluding hydrogens is 363 g/mol. The monoisotopic (exact) mass is 377 g/mol. The topological polar surface area (TPSA) is 46.1 Å². The van der Waals surface area contributed by atoms with E-state index in [4.69, 9.17) is 0 Å². The molecule has 0 N–H and O–H groups in total. The van der Waals surface area contributed by atoms with Crippen molar-refractivity contribution < 1.29 is 17.4 Å². The van der Waals surface area contributed by atoms with Crippen LogP contribution in [-0.2, 0) is 17.0 Å². The van der Waals surface area contributed by atoms with Gasteiger partial charge >= 0.3 is 6.18 Å². The molecule has 2 aromatic carbocycles. The van der Waals surface area contributed by atoms with Crippen LogP contribution in [-0.4, -0.2) is 21.2 Å². The summed E-state index contributed by atoms with van der Waals surface area (Å²) in [5.41, 5.74) is -0.409. The van der Waals surface area contributed by atoms with Crippen molar-refractivity contribution >= 4 is 22.4 Å². The average Bonchev–Trinajstić information content (AvgIpc) is 2.67. The van der Waals surface area contributed by atoms with Crippen LogP contribution < -0.4 is 4.90 Å². The highest BCUT2D eigenvalue weighted by Gasteiger charge is 2.37. The van der Waals surface area contributed by atoms with Crippen molar-refractivity contribution in [1.82, 2.24) is 9.97 Å². The summed E-state index contributed by atoms with van der Waals surface area (Å²) in [6.45, 7) is 0. The zero-order valence-corrected chi connectivity index (χ0v) is 14.5. The number of nitrogens with zero attached hydrogens (tertiary/aromatic N) is 3. The maximum Gasteiger partial charge on any atom is 0.420 e. The first-order chi connectivity index (χ1) is 12.4. The molecule has 1 unspecified atom stereocenters. The molecule has 0 aliphatic carbocycles. The summed E-state index contributed by atoms with van der Waals surface area (Å²) in [5, 5.41) is -0.559. The normalized spacial score (nSPS) is 12.6. The van der Waals surface area contributed by atoms with E-state index >= 15 is 0 Å². The summed E-state index contributed by atoms with van der Waals surface area (Å²) >= 11 is 0. The second-order valence-electron chi connectivity index (χ2n) is 5.36. The number of rotatable bonds is 4. The van der Waals surface area contributed by atoms with Crippen LogP contribution in [0.3, 0.4) is 0 Å². The highest BCUT2D eigenvalue weighted by Crippen LogP contribution is 2.35. The van der Waals surface area contributed by atoms with Crippen molar-refractivity contribution in [3.05, 3.63) is 72.4 Å². The van der Waals surface area contributed by atoms with E-state index < -0.39 is 27.6 Å². The Morgan fingerprint density at radius 3 is 2.12 bits per heavy atom. The van der Waals surface area contributed by atoms with Gasteiger partial charge in [0.2, 0.25) is 5.95 Å². The first-order valence-corrected chi connectivity index (χ1v) is 8.73. The van der Waals surface area contributed by atoms with E-state index in [0.717, 1.165) is 0 Å². The maximum absolute atomic E-state index is 13.4. The van der Waals surface area contributed by atoms with Crippen LogP contribution in [0.1, 0.15) is 5.56 Å². The lowest BCUT2D eigenvalue weighted by Crippen LogP contribution is -2.18. The van der Waals surface area contributed by atoms with Crippen molar-refractivity contribution in [3.63, 3.8) is 0 Å². The van der Waals surface area contributed by atoms with Crippen LogP contribution in [0, 0.1) is 0 Å². The molecule has 1 aromatic heterocycles. The van der Waals surface area contributed by atoms with Gasteiger partial charge in [0, 0.05) is 23.8 Å². The number of halogens is 3. The molecule has 3 rings (SSSR count). The molecule has 0 aliphatic rings. The predicted octanol–water partition coefficient (Wildman–Crippen LogP) is 4.43. The fourth-order valence-electron chi connectivity index (χ4n) is 2.28. The highest BCUT2D eigenvalue weighted by molar-refractivity contribution is 7.85. The molecule has 3 aromatic rings. The molecule has 0 spiro atoms. The predicted molar refractivity (Wildman–Crippen MR) is 92.7 cm³/mol. The lowest BCUT2D eigenvalue weighted by molar-refractivity contribution is -0.140. The first-order valence-electron chi connectivity index (χ1n) is 7.58. The largest absolute Gasteiger partial charge is 0.420 e. The Hall–Kier alpha value is -2.74. The Labute approximate surface area is 150 Å². The quantitative estimate of drug-likeness (QED) is 0.631. The summed E-state index contributed by atoms with van der Waals surface area (Å²) in [5.74, 6) is 0.0310. The Morgan fingerprint density at radius 1 is 0.962 bits per heavy atom. The zero-order chi connectivity index (χ0) is 18.7. The van der Waals surface area contributed by atoms with Crippen LogP contribution in [0.2, 0.25) is 0 Å². The van der Waals surface area contributed by atoms with Gasteiger partial charge in [0.25, 0.3) is 0 Å². The molecule has 0 radical (unpaired) electrons. The molecule has 4 nitrogen and oxygen atoms in total. The van der Waals surface area contributed by atoms with Gasteiger partial charge in [0.15, 0.2) is 0 Å². The number of anilines is 2. The fourth-order valence-corrected chi connectivity index (χ4v) is 3.44. The molecule has 0 fully saturated rings. The van der Waals surface area contributed by atoms with Gasteiger partial charge in [-0.05, 0) is 24.3 Å².